The summed E-state index contributed by atoms with van der Waals surface area (Å²) in [7, 11) is 3.97. The number of aliphatic hydroxyl groups is 1. The number of likely N-dealkylation sites (tertiary alicyclic amines) is 1. The fraction of sp³-hybridized carbons (Fsp3) is 0.348. The third-order valence-electron chi connectivity index (χ3n) is 5.02. The summed E-state index contributed by atoms with van der Waals surface area (Å²) in [5.74, 6) is -0.762. The Morgan fingerprint density at radius 2 is 1.80 bits per heavy atom. The average molecular weight is 410 g/mol. The van der Waals surface area contributed by atoms with Crippen molar-refractivity contribution in [2.75, 3.05) is 33.8 Å². The van der Waals surface area contributed by atoms with Crippen molar-refractivity contribution in [2.24, 2.45) is 0 Å². The fourth-order valence-electron chi connectivity index (χ4n) is 3.43. The number of aliphatic hydroxyl groups excluding tert-OH is 1. The Hall–Kier alpha value is -3.19. The highest BCUT2D eigenvalue weighted by molar-refractivity contribution is 6.46. The van der Waals surface area contributed by atoms with E-state index in [0.29, 0.717) is 31.0 Å². The van der Waals surface area contributed by atoms with Crippen LogP contribution in [-0.4, -0.2) is 60.5 Å². The lowest BCUT2D eigenvalue weighted by Gasteiger charge is -2.25. The number of ketones is 1. The van der Waals surface area contributed by atoms with Gasteiger partial charge >= 0.3 is 0 Å². The molecule has 1 fully saturated rings. The van der Waals surface area contributed by atoms with Gasteiger partial charge in [-0.1, -0.05) is 6.92 Å². The number of pyridine rings is 1. The maximum absolute atomic E-state index is 12.9. The molecule has 7 heteroatoms. The number of nitrogens with one attached hydrogen (secondary N) is 1. The van der Waals surface area contributed by atoms with E-state index in [4.69, 9.17) is 4.74 Å². The third-order valence-corrected chi connectivity index (χ3v) is 5.02. The number of benzene rings is 1. The van der Waals surface area contributed by atoms with Gasteiger partial charge in [-0.2, -0.15) is 0 Å². The molecule has 2 heterocycles. The van der Waals surface area contributed by atoms with Crippen molar-refractivity contribution in [3.8, 4) is 5.75 Å². The molecule has 30 heavy (non-hydrogen) atoms. The molecule has 0 radical (unpaired) electrons. The molecular weight excluding hydrogens is 382 g/mol. The highest BCUT2D eigenvalue weighted by Gasteiger charge is 2.46. The Bertz CT molecular complexity index is 923. The zero-order valence-electron chi connectivity index (χ0n) is 17.6. The molecule has 1 saturated heterocycles. The van der Waals surface area contributed by atoms with E-state index in [1.165, 1.54) is 4.90 Å². The summed E-state index contributed by atoms with van der Waals surface area (Å²) in [6.07, 6.45) is 4.13. The minimum absolute atomic E-state index is 0.0992. The molecule has 158 valence electrons. The lowest BCUT2D eigenvalue weighted by Crippen LogP contribution is -3.06. The van der Waals surface area contributed by atoms with Gasteiger partial charge in [0.15, 0.2) is 0 Å². The summed E-state index contributed by atoms with van der Waals surface area (Å²) in [6, 6.07) is 9.77. The molecular formula is C23H28N3O4+. The largest absolute Gasteiger partial charge is 0.507 e. The van der Waals surface area contributed by atoms with Gasteiger partial charge in [0.2, 0.25) is 0 Å². The average Bonchev–Trinajstić information content (AvgIpc) is 3.01. The Labute approximate surface area is 176 Å². The van der Waals surface area contributed by atoms with Gasteiger partial charge < -0.3 is 19.6 Å². The molecule has 1 aliphatic rings. The number of quaternary nitrogens is 1. The molecule has 1 amide bonds. The quantitative estimate of drug-likeness (QED) is 0.391. The Kier molecular flexibility index (Phi) is 6.84. The molecule has 0 spiro atoms. The van der Waals surface area contributed by atoms with Crippen molar-refractivity contribution in [2.45, 2.75) is 19.4 Å². The van der Waals surface area contributed by atoms with E-state index in [9.17, 15) is 14.7 Å². The van der Waals surface area contributed by atoms with Crippen molar-refractivity contribution in [1.29, 1.82) is 0 Å². The monoisotopic (exact) mass is 410 g/mol. The molecule has 0 unspecified atom stereocenters. The van der Waals surface area contributed by atoms with Crippen LogP contribution in [0.5, 0.6) is 5.75 Å². The number of carbonyl (C=O) groups excluding carboxylic acids is 2. The van der Waals surface area contributed by atoms with Gasteiger partial charge in [-0.25, -0.2) is 0 Å². The van der Waals surface area contributed by atoms with E-state index in [1.54, 1.807) is 48.8 Å². The number of ether oxygens (including phenoxy) is 1. The van der Waals surface area contributed by atoms with Gasteiger partial charge in [-0.3, -0.25) is 14.6 Å². The van der Waals surface area contributed by atoms with Crippen LogP contribution < -0.4 is 9.64 Å². The summed E-state index contributed by atoms with van der Waals surface area (Å²) in [5, 5.41) is 11.0. The summed E-state index contributed by atoms with van der Waals surface area (Å²) >= 11 is 0. The van der Waals surface area contributed by atoms with E-state index < -0.39 is 17.7 Å². The van der Waals surface area contributed by atoms with Gasteiger partial charge in [0, 0.05) is 18.0 Å². The minimum Gasteiger partial charge on any atom is -0.507 e. The first-order valence-corrected chi connectivity index (χ1v) is 10.1. The molecule has 0 aliphatic carbocycles. The van der Waals surface area contributed by atoms with Gasteiger partial charge in [0.25, 0.3) is 11.7 Å². The summed E-state index contributed by atoms with van der Waals surface area (Å²) in [6.45, 7) is 3.71. The normalized spacial score (nSPS) is 18.3. The number of likely N-dealkylation sites (N-methyl/N-ethyl adjacent to an activating group) is 1. The zero-order chi connectivity index (χ0) is 21.7. The number of carbonyl (C=O) groups is 2. The lowest BCUT2D eigenvalue weighted by molar-refractivity contribution is -0.857. The van der Waals surface area contributed by atoms with Crippen LogP contribution in [0.15, 0.2) is 54.4 Å². The molecule has 0 saturated carbocycles. The maximum atomic E-state index is 12.9. The van der Waals surface area contributed by atoms with Crippen LogP contribution in [0.4, 0.5) is 0 Å². The van der Waals surface area contributed by atoms with Crippen molar-refractivity contribution >= 4 is 17.4 Å². The van der Waals surface area contributed by atoms with Crippen LogP contribution in [0.1, 0.15) is 30.5 Å². The summed E-state index contributed by atoms with van der Waals surface area (Å²) < 4.78 is 5.58. The standard InChI is InChI=1S/C23H27N3O4/c1-4-15-30-18-7-5-17(6-8-18)21(27)19-20(16-9-11-24-12-10-16)26(14-13-25(2)3)23(29)22(19)28/h5-12,20,27H,4,13-15H2,1-3H3/p+1/b21-19+/t20-/m1/s1. The molecule has 1 aromatic carbocycles. The number of nitrogens with zero attached hydrogens (tertiary/aromatic N) is 2. The molecule has 2 N–H and O–H groups in total. The fourth-order valence-corrected chi connectivity index (χ4v) is 3.43. The first-order valence-electron chi connectivity index (χ1n) is 10.1. The van der Waals surface area contributed by atoms with Crippen LogP contribution in [0.2, 0.25) is 0 Å². The molecule has 2 aromatic rings. The maximum Gasteiger partial charge on any atom is 0.295 e. The number of aromatic nitrogens is 1. The molecule has 0 bridgehead atoms. The molecule has 1 atom stereocenters. The van der Waals surface area contributed by atoms with Gasteiger partial charge in [-0.15, -0.1) is 0 Å². The van der Waals surface area contributed by atoms with Crippen LogP contribution in [-0.2, 0) is 9.59 Å². The van der Waals surface area contributed by atoms with Gasteiger partial charge in [0.1, 0.15) is 11.5 Å². The van der Waals surface area contributed by atoms with Crippen LogP contribution in [0, 0.1) is 0 Å². The van der Waals surface area contributed by atoms with Crippen molar-refractivity contribution in [3.05, 3.63) is 65.5 Å². The molecule has 7 nitrogen and oxygen atoms in total. The molecule has 1 aliphatic heterocycles. The molecule has 3 rings (SSSR count). The predicted octanol–water partition coefficient (Wildman–Crippen LogP) is 1.44. The van der Waals surface area contributed by atoms with Gasteiger partial charge in [0.05, 0.1) is 45.4 Å². The smallest absolute Gasteiger partial charge is 0.295 e. The second kappa shape index (κ2) is 9.54. The predicted molar refractivity (Wildman–Crippen MR) is 113 cm³/mol. The molecule has 1 aromatic heterocycles. The zero-order valence-corrected chi connectivity index (χ0v) is 17.6. The number of amides is 1. The van der Waals surface area contributed by atoms with Crippen LogP contribution >= 0.6 is 0 Å². The SMILES string of the molecule is CCCOc1ccc(/C(O)=C2\C(=O)C(=O)N(CC[NH+](C)C)[C@@H]2c2ccncc2)cc1. The first kappa shape index (κ1) is 21.5. The van der Waals surface area contributed by atoms with Crippen LogP contribution in [0.3, 0.4) is 0 Å². The van der Waals surface area contributed by atoms with Gasteiger partial charge in [-0.05, 0) is 48.4 Å². The highest BCUT2D eigenvalue weighted by atomic mass is 16.5. The van der Waals surface area contributed by atoms with Crippen molar-refractivity contribution < 1.29 is 24.3 Å². The topological polar surface area (TPSA) is 84.2 Å². The highest BCUT2D eigenvalue weighted by Crippen LogP contribution is 2.39. The Balaban J connectivity index is 2.03. The van der Waals surface area contributed by atoms with Crippen molar-refractivity contribution in [3.63, 3.8) is 0 Å². The second-order valence-electron chi connectivity index (χ2n) is 7.60. The number of hydrogen-bond acceptors (Lipinski definition) is 5. The number of rotatable bonds is 8. The van der Waals surface area contributed by atoms with E-state index in [2.05, 4.69) is 4.98 Å². The number of hydrogen-bond donors (Lipinski definition) is 2. The number of Topliss-reactive ketones (excluding diaryl/α,β-unsaturated/α-hetero) is 1. The summed E-state index contributed by atoms with van der Waals surface area (Å²) in [5.41, 5.74) is 1.30. The van der Waals surface area contributed by atoms with E-state index in [1.807, 2.05) is 21.0 Å². The Morgan fingerprint density at radius 3 is 2.40 bits per heavy atom. The summed E-state index contributed by atoms with van der Waals surface area (Å²) in [4.78, 5) is 32.4. The first-order chi connectivity index (χ1) is 14.4. The lowest BCUT2D eigenvalue weighted by atomic mass is 9.96. The Morgan fingerprint density at radius 1 is 1.13 bits per heavy atom. The van der Waals surface area contributed by atoms with E-state index >= 15 is 0 Å². The van der Waals surface area contributed by atoms with Crippen LogP contribution in [0.25, 0.3) is 5.76 Å². The van der Waals surface area contributed by atoms with E-state index in [0.717, 1.165) is 16.9 Å². The van der Waals surface area contributed by atoms with Crippen molar-refractivity contribution in [1.82, 2.24) is 9.88 Å². The van der Waals surface area contributed by atoms with E-state index in [-0.39, 0.29) is 11.3 Å². The third kappa shape index (κ3) is 4.52. The second-order valence-corrected chi connectivity index (χ2v) is 7.60. The minimum atomic E-state index is -0.672.